The first kappa shape index (κ1) is 18.2. The lowest BCUT2D eigenvalue weighted by Gasteiger charge is -2.33. The first-order chi connectivity index (χ1) is 12.5. The fourth-order valence-electron chi connectivity index (χ4n) is 3.59. The third-order valence-electron chi connectivity index (χ3n) is 5.16. The summed E-state index contributed by atoms with van der Waals surface area (Å²) < 4.78 is 0. The van der Waals surface area contributed by atoms with E-state index in [2.05, 4.69) is 15.5 Å². The number of hydrogen-bond acceptors (Lipinski definition) is 4. The Balaban J connectivity index is 1.62. The summed E-state index contributed by atoms with van der Waals surface area (Å²) in [5.41, 5.74) is 6.93. The van der Waals surface area contributed by atoms with E-state index < -0.39 is 6.04 Å². The highest BCUT2D eigenvalue weighted by Gasteiger charge is 2.25. The molecule has 2 saturated heterocycles. The SMILES string of the molecule is NC(=O)[C@@H]1CCCN(c2ccc(C(=O)N[C@@H]3CCCCNC3=O)cc2)C1. The maximum absolute atomic E-state index is 12.4. The lowest BCUT2D eigenvalue weighted by atomic mass is 9.97. The van der Waals surface area contributed by atoms with E-state index in [-0.39, 0.29) is 23.6 Å². The summed E-state index contributed by atoms with van der Waals surface area (Å²) >= 11 is 0. The number of primary amides is 1. The van der Waals surface area contributed by atoms with Gasteiger partial charge in [-0.05, 0) is 56.4 Å². The summed E-state index contributed by atoms with van der Waals surface area (Å²) in [7, 11) is 0. The number of hydrogen-bond donors (Lipinski definition) is 3. The van der Waals surface area contributed by atoms with Crippen molar-refractivity contribution in [1.82, 2.24) is 10.6 Å². The summed E-state index contributed by atoms with van der Waals surface area (Å²) in [6.45, 7) is 2.16. The molecule has 3 rings (SSSR count). The minimum absolute atomic E-state index is 0.113. The molecule has 4 N–H and O–H groups in total. The van der Waals surface area contributed by atoms with Crippen molar-refractivity contribution in [3.05, 3.63) is 29.8 Å². The minimum atomic E-state index is -0.469. The van der Waals surface area contributed by atoms with Crippen LogP contribution in [-0.2, 0) is 9.59 Å². The van der Waals surface area contributed by atoms with Gasteiger partial charge in [0.1, 0.15) is 6.04 Å². The van der Waals surface area contributed by atoms with Gasteiger partial charge in [0, 0.05) is 30.9 Å². The maximum atomic E-state index is 12.4. The van der Waals surface area contributed by atoms with E-state index in [0.717, 1.165) is 37.9 Å². The predicted octanol–water partition coefficient (Wildman–Crippen LogP) is 0.787. The normalized spacial score (nSPS) is 23.7. The van der Waals surface area contributed by atoms with Crippen LogP contribution >= 0.6 is 0 Å². The molecular formula is C19H26N4O3. The minimum Gasteiger partial charge on any atom is -0.371 e. The van der Waals surface area contributed by atoms with Gasteiger partial charge in [-0.3, -0.25) is 14.4 Å². The van der Waals surface area contributed by atoms with Gasteiger partial charge in [-0.25, -0.2) is 0 Å². The summed E-state index contributed by atoms with van der Waals surface area (Å²) in [5.74, 6) is -0.738. The van der Waals surface area contributed by atoms with Crippen molar-refractivity contribution in [2.75, 3.05) is 24.5 Å². The monoisotopic (exact) mass is 358 g/mol. The molecule has 1 aromatic carbocycles. The highest BCUT2D eigenvalue weighted by atomic mass is 16.2. The molecule has 7 nitrogen and oxygen atoms in total. The van der Waals surface area contributed by atoms with E-state index in [9.17, 15) is 14.4 Å². The molecule has 2 aliphatic rings. The molecule has 2 heterocycles. The molecule has 1 aromatic rings. The van der Waals surface area contributed by atoms with Gasteiger partial charge in [-0.2, -0.15) is 0 Å². The van der Waals surface area contributed by atoms with Crippen LogP contribution in [-0.4, -0.2) is 43.4 Å². The van der Waals surface area contributed by atoms with Crippen LogP contribution in [0.25, 0.3) is 0 Å². The van der Waals surface area contributed by atoms with Gasteiger partial charge in [-0.15, -0.1) is 0 Å². The number of piperidine rings is 1. The molecule has 0 bridgehead atoms. The third kappa shape index (κ3) is 4.33. The Morgan fingerprint density at radius 1 is 1.12 bits per heavy atom. The lowest BCUT2D eigenvalue weighted by molar-refractivity contribution is -0.123. The van der Waals surface area contributed by atoms with Crippen LogP contribution in [0.15, 0.2) is 24.3 Å². The molecule has 3 amide bonds. The number of anilines is 1. The Hall–Kier alpha value is -2.57. The smallest absolute Gasteiger partial charge is 0.251 e. The fourth-order valence-corrected chi connectivity index (χ4v) is 3.59. The van der Waals surface area contributed by atoms with Gasteiger partial charge in [0.15, 0.2) is 0 Å². The standard InChI is InChI=1S/C19H26N4O3/c20-17(24)14-4-3-11-23(12-14)15-8-6-13(7-9-15)18(25)22-16-5-1-2-10-21-19(16)26/h6-9,14,16H,1-5,10-12H2,(H2,20,24)(H,21,26)(H,22,25)/t14-,16-/m1/s1. The molecule has 0 saturated carbocycles. The Morgan fingerprint density at radius 2 is 1.88 bits per heavy atom. The summed E-state index contributed by atoms with van der Waals surface area (Å²) in [6.07, 6.45) is 4.27. The number of carbonyl (C=O) groups is 3. The summed E-state index contributed by atoms with van der Waals surface area (Å²) in [5, 5.41) is 5.64. The average Bonchev–Trinajstić information content (AvgIpc) is 2.86. The van der Waals surface area contributed by atoms with Crippen LogP contribution in [0.2, 0.25) is 0 Å². The number of nitrogens with one attached hydrogen (secondary N) is 2. The van der Waals surface area contributed by atoms with Crippen LogP contribution in [0.5, 0.6) is 0 Å². The van der Waals surface area contributed by atoms with Crippen LogP contribution in [0, 0.1) is 5.92 Å². The van der Waals surface area contributed by atoms with Gasteiger partial charge < -0.3 is 21.3 Å². The van der Waals surface area contributed by atoms with Crippen LogP contribution in [0.3, 0.4) is 0 Å². The van der Waals surface area contributed by atoms with Gasteiger partial charge in [0.05, 0.1) is 5.92 Å². The van der Waals surface area contributed by atoms with Crippen molar-refractivity contribution >= 4 is 23.4 Å². The van der Waals surface area contributed by atoms with Crippen LogP contribution in [0.4, 0.5) is 5.69 Å². The van der Waals surface area contributed by atoms with Crippen molar-refractivity contribution in [3.63, 3.8) is 0 Å². The van der Waals surface area contributed by atoms with Gasteiger partial charge >= 0.3 is 0 Å². The zero-order valence-corrected chi connectivity index (χ0v) is 14.9. The van der Waals surface area contributed by atoms with E-state index in [1.54, 1.807) is 12.1 Å². The Morgan fingerprint density at radius 3 is 2.62 bits per heavy atom. The number of nitrogens with zero attached hydrogens (tertiary/aromatic N) is 1. The second kappa shape index (κ2) is 8.21. The largest absolute Gasteiger partial charge is 0.371 e. The molecule has 26 heavy (non-hydrogen) atoms. The summed E-state index contributed by atoms with van der Waals surface area (Å²) in [6, 6.07) is 6.81. The number of benzene rings is 1. The second-order valence-electron chi connectivity index (χ2n) is 7.05. The van der Waals surface area contributed by atoms with Crippen molar-refractivity contribution < 1.29 is 14.4 Å². The van der Waals surface area contributed by atoms with Gasteiger partial charge in [0.25, 0.3) is 5.91 Å². The molecule has 7 heteroatoms. The van der Waals surface area contributed by atoms with Crippen molar-refractivity contribution in [2.45, 2.75) is 38.1 Å². The quantitative estimate of drug-likeness (QED) is 0.740. The first-order valence-corrected chi connectivity index (χ1v) is 9.27. The molecule has 0 aromatic heterocycles. The molecular weight excluding hydrogens is 332 g/mol. The summed E-state index contributed by atoms with van der Waals surface area (Å²) in [4.78, 5) is 37.9. The number of carbonyl (C=O) groups excluding carboxylic acids is 3. The van der Waals surface area contributed by atoms with E-state index in [4.69, 9.17) is 5.73 Å². The second-order valence-corrected chi connectivity index (χ2v) is 7.05. The zero-order chi connectivity index (χ0) is 18.5. The van der Waals surface area contributed by atoms with Crippen molar-refractivity contribution in [2.24, 2.45) is 11.7 Å². The highest BCUT2D eigenvalue weighted by molar-refractivity contribution is 5.97. The van der Waals surface area contributed by atoms with Crippen LogP contribution in [0.1, 0.15) is 42.5 Å². The third-order valence-corrected chi connectivity index (χ3v) is 5.16. The number of amides is 3. The van der Waals surface area contributed by atoms with E-state index in [1.165, 1.54) is 0 Å². The van der Waals surface area contributed by atoms with E-state index >= 15 is 0 Å². The molecule has 0 radical (unpaired) electrons. The van der Waals surface area contributed by atoms with E-state index in [1.807, 2.05) is 12.1 Å². The topological polar surface area (TPSA) is 105 Å². The van der Waals surface area contributed by atoms with Crippen molar-refractivity contribution in [1.29, 1.82) is 0 Å². The van der Waals surface area contributed by atoms with Crippen molar-refractivity contribution in [3.8, 4) is 0 Å². The molecule has 0 aliphatic carbocycles. The van der Waals surface area contributed by atoms with Crippen LogP contribution < -0.4 is 21.3 Å². The lowest BCUT2D eigenvalue weighted by Crippen LogP contribution is -2.45. The maximum Gasteiger partial charge on any atom is 0.251 e. The molecule has 2 atom stereocenters. The fraction of sp³-hybridized carbons (Fsp3) is 0.526. The molecule has 2 aliphatic heterocycles. The van der Waals surface area contributed by atoms with E-state index in [0.29, 0.717) is 25.1 Å². The predicted molar refractivity (Wildman–Crippen MR) is 98.7 cm³/mol. The highest BCUT2D eigenvalue weighted by Crippen LogP contribution is 2.23. The Kier molecular flexibility index (Phi) is 5.75. The Labute approximate surface area is 153 Å². The Bertz CT molecular complexity index is 674. The molecule has 140 valence electrons. The number of nitrogens with two attached hydrogens (primary N) is 1. The molecule has 0 unspecified atom stereocenters. The van der Waals surface area contributed by atoms with Gasteiger partial charge in [0.2, 0.25) is 11.8 Å². The van der Waals surface area contributed by atoms with Gasteiger partial charge in [-0.1, -0.05) is 0 Å². The molecule has 0 spiro atoms. The average molecular weight is 358 g/mol. The number of rotatable bonds is 4. The molecule has 2 fully saturated rings. The zero-order valence-electron chi connectivity index (χ0n) is 14.9. The first-order valence-electron chi connectivity index (χ1n) is 9.27.